The van der Waals surface area contributed by atoms with E-state index in [1.54, 1.807) is 38.1 Å². The molecule has 236 valence electrons. The minimum atomic E-state index is -0.823. The standard InChI is InChI=1S/C29H41N5O9/c1-20(2)27(33-23(36)6-4-3-5-14-34-25(38)11-12-26(34)39)28(40)31-18-24(37)32-22-9-7-21(8-10-22)19-43-29(41)30-13-16-42-17-15-35/h7-12,20,27,35H,3-6,13-19H2,1-2H3,(H,30,41)(H,31,40)(H,32,37)(H,33,36). The Hall–Kier alpha value is -4.30. The highest BCUT2D eigenvalue weighted by Crippen LogP contribution is 2.11. The third-order valence-electron chi connectivity index (χ3n) is 6.23. The van der Waals surface area contributed by atoms with E-state index in [1.807, 2.05) is 0 Å². The predicted molar refractivity (Wildman–Crippen MR) is 155 cm³/mol. The first-order valence-electron chi connectivity index (χ1n) is 14.2. The number of amides is 6. The average molecular weight is 604 g/mol. The number of nitrogens with zero attached hydrogens (tertiary/aromatic N) is 1. The fourth-order valence-corrected chi connectivity index (χ4v) is 3.92. The van der Waals surface area contributed by atoms with Crippen LogP contribution in [0.2, 0.25) is 0 Å². The zero-order valence-electron chi connectivity index (χ0n) is 24.6. The number of hydrogen-bond donors (Lipinski definition) is 5. The Labute approximate surface area is 250 Å². The first-order valence-corrected chi connectivity index (χ1v) is 14.2. The fraction of sp³-hybridized carbons (Fsp3) is 0.517. The van der Waals surface area contributed by atoms with E-state index in [0.29, 0.717) is 37.1 Å². The van der Waals surface area contributed by atoms with Crippen LogP contribution < -0.4 is 21.3 Å². The molecule has 0 aromatic heterocycles. The van der Waals surface area contributed by atoms with Crippen LogP contribution in [0.15, 0.2) is 36.4 Å². The van der Waals surface area contributed by atoms with Crippen molar-refractivity contribution in [1.82, 2.24) is 20.9 Å². The summed E-state index contributed by atoms with van der Waals surface area (Å²) in [5.74, 6) is -2.13. The quantitative estimate of drug-likeness (QED) is 0.111. The molecule has 1 aliphatic heterocycles. The monoisotopic (exact) mass is 603 g/mol. The highest BCUT2D eigenvalue weighted by Gasteiger charge is 2.25. The lowest BCUT2D eigenvalue weighted by atomic mass is 10.0. The van der Waals surface area contributed by atoms with Crippen LogP contribution in [0.3, 0.4) is 0 Å². The third kappa shape index (κ3) is 13.5. The van der Waals surface area contributed by atoms with Gasteiger partial charge in [-0.05, 0) is 36.5 Å². The van der Waals surface area contributed by atoms with Crippen LogP contribution in [0.4, 0.5) is 10.5 Å². The van der Waals surface area contributed by atoms with E-state index in [-0.39, 0.29) is 69.6 Å². The number of carbonyl (C=O) groups is 6. The molecule has 6 amide bonds. The van der Waals surface area contributed by atoms with E-state index in [2.05, 4.69) is 21.3 Å². The van der Waals surface area contributed by atoms with E-state index >= 15 is 0 Å². The Bertz CT molecular complexity index is 1120. The van der Waals surface area contributed by atoms with Crippen molar-refractivity contribution >= 4 is 41.3 Å². The second-order valence-corrected chi connectivity index (χ2v) is 10.1. The van der Waals surface area contributed by atoms with Crippen LogP contribution in [-0.4, -0.2) is 91.1 Å². The number of aliphatic hydroxyl groups is 1. The van der Waals surface area contributed by atoms with Gasteiger partial charge in [0.05, 0.1) is 26.4 Å². The summed E-state index contributed by atoms with van der Waals surface area (Å²) in [7, 11) is 0. The summed E-state index contributed by atoms with van der Waals surface area (Å²) >= 11 is 0. The summed E-state index contributed by atoms with van der Waals surface area (Å²) in [5.41, 5.74) is 1.18. The maximum atomic E-state index is 12.7. The Kier molecular flexibility index (Phi) is 15.4. The van der Waals surface area contributed by atoms with Crippen LogP contribution in [0.1, 0.15) is 45.1 Å². The molecule has 0 fully saturated rings. The lowest BCUT2D eigenvalue weighted by molar-refractivity contribution is -0.137. The van der Waals surface area contributed by atoms with Gasteiger partial charge in [-0.1, -0.05) is 32.4 Å². The van der Waals surface area contributed by atoms with E-state index in [9.17, 15) is 28.8 Å². The van der Waals surface area contributed by atoms with Crippen molar-refractivity contribution < 1.29 is 43.3 Å². The fourth-order valence-electron chi connectivity index (χ4n) is 3.92. The van der Waals surface area contributed by atoms with Crippen molar-refractivity contribution in [3.8, 4) is 0 Å². The number of ether oxygens (including phenoxy) is 2. The van der Waals surface area contributed by atoms with Crippen molar-refractivity contribution in [2.45, 2.75) is 52.2 Å². The molecule has 5 N–H and O–H groups in total. The molecule has 0 saturated carbocycles. The molecule has 0 bridgehead atoms. The number of alkyl carbamates (subject to hydrolysis) is 1. The first-order chi connectivity index (χ1) is 20.6. The molecule has 14 heteroatoms. The SMILES string of the molecule is CC(C)C(NC(=O)CCCCCN1C(=O)C=CC1=O)C(=O)NCC(=O)Nc1ccc(COC(=O)NCCOCCO)cc1. The van der Waals surface area contributed by atoms with Crippen molar-refractivity contribution in [1.29, 1.82) is 0 Å². The van der Waals surface area contributed by atoms with Crippen molar-refractivity contribution in [3.05, 3.63) is 42.0 Å². The zero-order chi connectivity index (χ0) is 31.6. The Morgan fingerprint density at radius 2 is 1.60 bits per heavy atom. The number of hydrogen-bond acceptors (Lipinski definition) is 9. The number of rotatable bonds is 19. The van der Waals surface area contributed by atoms with Gasteiger partial charge in [-0.3, -0.25) is 28.9 Å². The van der Waals surface area contributed by atoms with Crippen LogP contribution in [0.25, 0.3) is 0 Å². The molecular formula is C29H41N5O9. The van der Waals surface area contributed by atoms with Gasteiger partial charge < -0.3 is 35.8 Å². The van der Waals surface area contributed by atoms with Gasteiger partial charge in [-0.15, -0.1) is 0 Å². The van der Waals surface area contributed by atoms with Crippen LogP contribution in [-0.2, 0) is 40.1 Å². The molecule has 43 heavy (non-hydrogen) atoms. The molecule has 1 aromatic carbocycles. The molecule has 1 aromatic rings. The number of benzene rings is 1. The van der Waals surface area contributed by atoms with Gasteiger partial charge in [0.2, 0.25) is 17.7 Å². The Morgan fingerprint density at radius 3 is 2.26 bits per heavy atom. The number of carbonyl (C=O) groups excluding carboxylic acids is 6. The van der Waals surface area contributed by atoms with Gasteiger partial charge >= 0.3 is 6.09 Å². The van der Waals surface area contributed by atoms with E-state index in [4.69, 9.17) is 14.6 Å². The Morgan fingerprint density at radius 1 is 0.907 bits per heavy atom. The lowest BCUT2D eigenvalue weighted by Crippen LogP contribution is -2.51. The molecule has 1 unspecified atom stereocenters. The highest BCUT2D eigenvalue weighted by molar-refractivity contribution is 6.12. The number of anilines is 1. The largest absolute Gasteiger partial charge is 0.445 e. The number of nitrogens with one attached hydrogen (secondary N) is 4. The average Bonchev–Trinajstić information content (AvgIpc) is 3.30. The maximum Gasteiger partial charge on any atom is 0.407 e. The normalized spacial score (nSPS) is 13.2. The summed E-state index contributed by atoms with van der Waals surface area (Å²) < 4.78 is 10.1. The summed E-state index contributed by atoms with van der Waals surface area (Å²) in [6.45, 7) is 4.20. The van der Waals surface area contributed by atoms with Crippen LogP contribution >= 0.6 is 0 Å². The van der Waals surface area contributed by atoms with Crippen molar-refractivity contribution in [2.75, 3.05) is 44.8 Å². The van der Waals surface area contributed by atoms with Crippen LogP contribution in [0, 0.1) is 5.92 Å². The zero-order valence-corrected chi connectivity index (χ0v) is 24.6. The van der Waals surface area contributed by atoms with Gasteiger partial charge in [0.1, 0.15) is 12.6 Å². The molecule has 14 nitrogen and oxygen atoms in total. The summed E-state index contributed by atoms with van der Waals surface area (Å²) in [4.78, 5) is 73.5. The van der Waals surface area contributed by atoms with E-state index in [1.165, 1.54) is 12.2 Å². The number of imide groups is 1. The maximum absolute atomic E-state index is 12.7. The van der Waals surface area contributed by atoms with Gasteiger partial charge in [0, 0.05) is 37.3 Å². The molecule has 0 radical (unpaired) electrons. The Balaban J connectivity index is 1.65. The molecular weight excluding hydrogens is 562 g/mol. The molecule has 0 saturated heterocycles. The lowest BCUT2D eigenvalue weighted by Gasteiger charge is -2.21. The molecule has 1 atom stereocenters. The third-order valence-corrected chi connectivity index (χ3v) is 6.23. The number of aliphatic hydroxyl groups excluding tert-OH is 1. The summed E-state index contributed by atoms with van der Waals surface area (Å²) in [6, 6.07) is 5.80. The highest BCUT2D eigenvalue weighted by atomic mass is 16.5. The molecule has 1 heterocycles. The van der Waals surface area contributed by atoms with Gasteiger partial charge in [-0.2, -0.15) is 0 Å². The van der Waals surface area contributed by atoms with Gasteiger partial charge in [0.15, 0.2) is 0 Å². The predicted octanol–water partition coefficient (Wildman–Crippen LogP) is 0.603. The number of unbranched alkanes of at least 4 members (excludes halogenated alkanes) is 2. The second kappa shape index (κ2) is 19.0. The summed E-state index contributed by atoms with van der Waals surface area (Å²) in [5, 5.41) is 19.1. The van der Waals surface area contributed by atoms with Gasteiger partial charge in [0.25, 0.3) is 11.8 Å². The summed E-state index contributed by atoms with van der Waals surface area (Å²) in [6.07, 6.45) is 3.78. The molecule has 2 rings (SSSR count). The van der Waals surface area contributed by atoms with Crippen molar-refractivity contribution in [2.24, 2.45) is 5.92 Å². The molecule has 0 spiro atoms. The second-order valence-electron chi connectivity index (χ2n) is 10.1. The minimum Gasteiger partial charge on any atom is -0.445 e. The van der Waals surface area contributed by atoms with E-state index in [0.717, 1.165) is 4.90 Å². The smallest absolute Gasteiger partial charge is 0.407 e. The first kappa shape index (κ1) is 34.9. The molecule has 0 aliphatic carbocycles. The molecule has 1 aliphatic rings. The van der Waals surface area contributed by atoms with Crippen molar-refractivity contribution in [3.63, 3.8) is 0 Å². The minimum absolute atomic E-state index is 0.0221. The van der Waals surface area contributed by atoms with E-state index < -0.39 is 23.9 Å². The van der Waals surface area contributed by atoms with Gasteiger partial charge in [-0.25, -0.2) is 4.79 Å². The topological polar surface area (TPSA) is 192 Å². The van der Waals surface area contributed by atoms with Crippen LogP contribution in [0.5, 0.6) is 0 Å².